The zero-order valence-corrected chi connectivity index (χ0v) is 23.6. The molecule has 4 amide bonds. The van der Waals surface area contributed by atoms with E-state index in [0.29, 0.717) is 41.5 Å². The number of piperazine rings is 1. The van der Waals surface area contributed by atoms with E-state index in [0.717, 1.165) is 42.5 Å². The van der Waals surface area contributed by atoms with Gasteiger partial charge in [0.1, 0.15) is 11.4 Å². The van der Waals surface area contributed by atoms with Gasteiger partial charge in [-0.15, -0.1) is 0 Å². The van der Waals surface area contributed by atoms with E-state index in [-0.39, 0.29) is 18.6 Å². The molecule has 0 aliphatic carbocycles. The first kappa shape index (κ1) is 27.7. The second-order valence-electron chi connectivity index (χ2n) is 10.9. The molecule has 0 spiro atoms. The van der Waals surface area contributed by atoms with Gasteiger partial charge in [0.15, 0.2) is 6.61 Å². The Kier molecular flexibility index (Phi) is 7.86. The summed E-state index contributed by atoms with van der Waals surface area (Å²) >= 11 is 0.850. The Morgan fingerprint density at radius 1 is 1.00 bits per heavy atom. The average molecular weight is 565 g/mol. The second-order valence-corrected chi connectivity index (χ2v) is 11.9. The van der Waals surface area contributed by atoms with Crippen LogP contribution in [0.4, 0.5) is 15.3 Å². The maximum absolute atomic E-state index is 12.8. The summed E-state index contributed by atoms with van der Waals surface area (Å²) in [5.74, 6) is -0.00203. The fourth-order valence-electron chi connectivity index (χ4n) is 4.66. The van der Waals surface area contributed by atoms with Gasteiger partial charge in [0.25, 0.3) is 17.1 Å². The standard InChI is InChI=1S/C29H32N4O6S/c1-29(2,3)39-28(37)32-12-10-31(11-13-32)16-19-4-6-20(7-5-19)17-33-22-14-21(8-9-23(22)38-18-25(33)34)15-24-26(35)30-27(36)40-24/h4-9,14-15H,10-13,16-18H2,1-3H3,(H,30,35,36)/b24-15+. The van der Waals surface area contributed by atoms with Crippen molar-refractivity contribution in [2.24, 2.45) is 0 Å². The van der Waals surface area contributed by atoms with E-state index in [9.17, 15) is 19.2 Å². The molecule has 40 heavy (non-hydrogen) atoms. The zero-order chi connectivity index (χ0) is 28.4. The lowest BCUT2D eigenvalue weighted by Gasteiger charge is -2.35. The van der Waals surface area contributed by atoms with Crippen LogP contribution in [0.25, 0.3) is 6.08 Å². The number of thioether (sulfide) groups is 1. The predicted octanol–water partition coefficient (Wildman–Crippen LogP) is 3.99. The van der Waals surface area contributed by atoms with Gasteiger partial charge >= 0.3 is 6.09 Å². The third-order valence-electron chi connectivity index (χ3n) is 6.66. The molecule has 3 aliphatic rings. The lowest BCUT2D eigenvalue weighted by Crippen LogP contribution is -2.49. The van der Waals surface area contributed by atoms with Crippen LogP contribution in [-0.2, 0) is 27.4 Å². The molecule has 2 aromatic rings. The second kappa shape index (κ2) is 11.3. The third kappa shape index (κ3) is 6.65. The molecule has 0 saturated carbocycles. The van der Waals surface area contributed by atoms with Gasteiger partial charge in [0, 0.05) is 32.7 Å². The summed E-state index contributed by atoms with van der Waals surface area (Å²) in [5, 5.41) is 1.84. The van der Waals surface area contributed by atoms with Crippen molar-refractivity contribution in [1.82, 2.24) is 15.1 Å². The monoisotopic (exact) mass is 564 g/mol. The van der Waals surface area contributed by atoms with Gasteiger partial charge in [-0.1, -0.05) is 30.3 Å². The van der Waals surface area contributed by atoms with Gasteiger partial charge in [-0.05, 0) is 67.4 Å². The van der Waals surface area contributed by atoms with E-state index in [1.807, 2.05) is 32.9 Å². The van der Waals surface area contributed by atoms with Crippen molar-refractivity contribution in [3.05, 3.63) is 64.1 Å². The van der Waals surface area contributed by atoms with E-state index in [2.05, 4.69) is 22.3 Å². The van der Waals surface area contributed by atoms with E-state index in [1.165, 1.54) is 0 Å². The molecular weight excluding hydrogens is 532 g/mol. The van der Waals surface area contributed by atoms with Gasteiger partial charge < -0.3 is 19.3 Å². The number of benzene rings is 2. The molecule has 3 aliphatic heterocycles. The minimum Gasteiger partial charge on any atom is -0.482 e. The molecular formula is C29H32N4O6S. The first-order chi connectivity index (χ1) is 19.0. The fraction of sp³-hybridized carbons (Fsp3) is 0.379. The molecule has 0 atom stereocenters. The number of anilines is 1. The molecule has 2 aromatic carbocycles. The summed E-state index contributed by atoms with van der Waals surface area (Å²) in [5.41, 5.74) is 2.93. The molecule has 1 N–H and O–H groups in total. The topological polar surface area (TPSA) is 108 Å². The number of fused-ring (bicyclic) bond motifs is 1. The minimum atomic E-state index is -0.502. The first-order valence-electron chi connectivity index (χ1n) is 13.1. The quantitative estimate of drug-likeness (QED) is 0.544. The smallest absolute Gasteiger partial charge is 0.410 e. The highest BCUT2D eigenvalue weighted by Crippen LogP contribution is 2.35. The van der Waals surface area contributed by atoms with Crippen LogP contribution >= 0.6 is 11.8 Å². The molecule has 2 saturated heterocycles. The van der Waals surface area contributed by atoms with Crippen molar-refractivity contribution in [2.75, 3.05) is 37.7 Å². The molecule has 5 rings (SSSR count). The van der Waals surface area contributed by atoms with Gasteiger partial charge in [-0.3, -0.25) is 24.6 Å². The first-order valence-corrected chi connectivity index (χ1v) is 14.0. The number of ether oxygens (including phenoxy) is 2. The lowest BCUT2D eigenvalue weighted by atomic mass is 10.1. The molecule has 210 valence electrons. The number of amides is 4. The Hall–Kier alpha value is -3.83. The van der Waals surface area contributed by atoms with E-state index >= 15 is 0 Å². The summed E-state index contributed by atoms with van der Waals surface area (Å²) in [6, 6.07) is 13.5. The van der Waals surface area contributed by atoms with E-state index in [1.54, 1.807) is 34.1 Å². The highest BCUT2D eigenvalue weighted by molar-refractivity contribution is 8.18. The van der Waals surface area contributed by atoms with Crippen LogP contribution in [0.15, 0.2) is 47.4 Å². The molecule has 0 unspecified atom stereocenters. The number of rotatable bonds is 5. The summed E-state index contributed by atoms with van der Waals surface area (Å²) in [6.45, 7) is 9.51. The Labute approximate surface area is 237 Å². The van der Waals surface area contributed by atoms with Crippen molar-refractivity contribution in [3.63, 3.8) is 0 Å². The summed E-state index contributed by atoms with van der Waals surface area (Å²) in [4.78, 5) is 54.6. The highest BCUT2D eigenvalue weighted by atomic mass is 32.2. The fourth-order valence-corrected chi connectivity index (χ4v) is 5.34. The average Bonchev–Trinajstić information content (AvgIpc) is 3.22. The maximum atomic E-state index is 12.8. The number of hydrogen-bond acceptors (Lipinski definition) is 8. The lowest BCUT2D eigenvalue weighted by molar-refractivity contribution is -0.121. The van der Waals surface area contributed by atoms with E-state index < -0.39 is 16.7 Å². The molecule has 11 heteroatoms. The SMILES string of the molecule is CC(C)(C)OC(=O)N1CCN(Cc2ccc(CN3C(=O)COc4ccc(/C=C5/SC(=O)NC5=O)cc43)cc2)CC1. The van der Waals surface area contributed by atoms with Crippen LogP contribution in [-0.4, -0.2) is 71.3 Å². The summed E-state index contributed by atoms with van der Waals surface area (Å²) < 4.78 is 11.1. The van der Waals surface area contributed by atoms with Crippen LogP contribution in [0.5, 0.6) is 5.75 Å². The molecule has 0 bridgehead atoms. The van der Waals surface area contributed by atoms with Crippen molar-refractivity contribution in [1.29, 1.82) is 0 Å². The van der Waals surface area contributed by atoms with Crippen molar-refractivity contribution >= 4 is 46.7 Å². The van der Waals surface area contributed by atoms with Crippen molar-refractivity contribution in [3.8, 4) is 5.75 Å². The normalized spacial score (nSPS) is 19.0. The number of carbonyl (C=O) groups is 4. The molecule has 10 nitrogen and oxygen atoms in total. The number of hydrogen-bond donors (Lipinski definition) is 1. The Balaban J connectivity index is 1.21. The molecule has 0 radical (unpaired) electrons. The summed E-state index contributed by atoms with van der Waals surface area (Å²) in [7, 11) is 0. The van der Waals surface area contributed by atoms with Crippen molar-refractivity contribution < 1.29 is 28.7 Å². The predicted molar refractivity (Wildman–Crippen MR) is 152 cm³/mol. The molecule has 0 aromatic heterocycles. The van der Waals surface area contributed by atoms with Crippen LogP contribution in [0, 0.1) is 0 Å². The maximum Gasteiger partial charge on any atom is 0.410 e. The largest absolute Gasteiger partial charge is 0.482 e. The minimum absolute atomic E-state index is 0.0481. The summed E-state index contributed by atoms with van der Waals surface area (Å²) in [6.07, 6.45) is 1.36. The molecule has 2 fully saturated rings. The van der Waals surface area contributed by atoms with Crippen LogP contribution in [0.2, 0.25) is 0 Å². The van der Waals surface area contributed by atoms with Crippen LogP contribution < -0.4 is 15.0 Å². The van der Waals surface area contributed by atoms with Crippen LogP contribution in [0.1, 0.15) is 37.5 Å². The van der Waals surface area contributed by atoms with Crippen molar-refractivity contribution in [2.45, 2.75) is 39.5 Å². The Bertz CT molecular complexity index is 1360. The van der Waals surface area contributed by atoms with E-state index in [4.69, 9.17) is 9.47 Å². The van der Waals surface area contributed by atoms with Gasteiger partial charge in [0.05, 0.1) is 17.1 Å². The number of nitrogens with one attached hydrogen (secondary N) is 1. The Morgan fingerprint density at radius 2 is 1.68 bits per heavy atom. The number of nitrogens with zero attached hydrogens (tertiary/aromatic N) is 3. The van der Waals surface area contributed by atoms with Gasteiger partial charge in [-0.2, -0.15) is 0 Å². The van der Waals surface area contributed by atoms with Gasteiger partial charge in [-0.25, -0.2) is 4.79 Å². The number of imide groups is 1. The van der Waals surface area contributed by atoms with Gasteiger partial charge in [0.2, 0.25) is 0 Å². The van der Waals surface area contributed by atoms with Crippen LogP contribution in [0.3, 0.4) is 0 Å². The zero-order valence-electron chi connectivity index (χ0n) is 22.8. The molecule has 3 heterocycles. The highest BCUT2D eigenvalue weighted by Gasteiger charge is 2.29. The number of carbonyl (C=O) groups excluding carboxylic acids is 4. The third-order valence-corrected chi connectivity index (χ3v) is 7.47. The Morgan fingerprint density at radius 3 is 2.30 bits per heavy atom.